The van der Waals surface area contributed by atoms with Crippen molar-refractivity contribution in [1.82, 2.24) is 10.3 Å². The molecule has 21 heavy (non-hydrogen) atoms. The van der Waals surface area contributed by atoms with Gasteiger partial charge in [-0.1, -0.05) is 39.7 Å². The number of thiazole rings is 1. The Bertz CT molecular complexity index is 719. The van der Waals surface area contributed by atoms with E-state index in [9.17, 15) is 0 Å². The Hall–Kier alpha value is -0.940. The molecule has 0 aliphatic rings. The lowest BCUT2D eigenvalue weighted by molar-refractivity contribution is 0.591. The van der Waals surface area contributed by atoms with Crippen LogP contribution >= 0.6 is 38.9 Å². The number of hydrogen-bond acceptors (Lipinski definition) is 3. The van der Waals surface area contributed by atoms with Crippen LogP contribution in [0.25, 0.3) is 10.2 Å². The zero-order valence-corrected chi connectivity index (χ0v) is 14.6. The predicted octanol–water partition coefficient (Wildman–Crippen LogP) is 5.22. The summed E-state index contributed by atoms with van der Waals surface area (Å²) in [5.41, 5.74) is 2.23. The summed E-state index contributed by atoms with van der Waals surface area (Å²) in [6.07, 6.45) is 0.850. The van der Waals surface area contributed by atoms with Crippen LogP contribution in [0.3, 0.4) is 0 Å². The number of nitrogens with one attached hydrogen (secondary N) is 1. The number of para-hydroxylation sites is 1. The molecule has 0 aliphatic heterocycles. The van der Waals surface area contributed by atoms with E-state index in [4.69, 9.17) is 16.6 Å². The van der Waals surface area contributed by atoms with Crippen molar-refractivity contribution in [2.24, 2.45) is 0 Å². The van der Waals surface area contributed by atoms with Crippen molar-refractivity contribution >= 4 is 49.1 Å². The van der Waals surface area contributed by atoms with Gasteiger partial charge < -0.3 is 5.32 Å². The molecule has 0 amide bonds. The quantitative estimate of drug-likeness (QED) is 0.670. The maximum atomic E-state index is 6.15. The summed E-state index contributed by atoms with van der Waals surface area (Å²) in [4.78, 5) is 4.70. The molecule has 1 unspecified atom stereocenters. The number of halogens is 2. The zero-order valence-electron chi connectivity index (χ0n) is 11.4. The lowest BCUT2D eigenvalue weighted by Crippen LogP contribution is -2.18. The van der Waals surface area contributed by atoms with E-state index in [-0.39, 0.29) is 6.04 Å². The van der Waals surface area contributed by atoms with Gasteiger partial charge in [0.1, 0.15) is 0 Å². The second-order valence-corrected chi connectivity index (χ2v) is 7.29. The minimum Gasteiger partial charge on any atom is -0.313 e. The van der Waals surface area contributed by atoms with Crippen LogP contribution in [0.1, 0.15) is 16.6 Å². The van der Waals surface area contributed by atoms with Crippen molar-refractivity contribution in [3.63, 3.8) is 0 Å². The van der Waals surface area contributed by atoms with Gasteiger partial charge in [-0.2, -0.15) is 0 Å². The first-order chi connectivity index (χ1) is 10.2. The molecule has 0 radical (unpaired) electrons. The van der Waals surface area contributed by atoms with Crippen LogP contribution in [0, 0.1) is 0 Å². The van der Waals surface area contributed by atoms with Crippen molar-refractivity contribution in [3.05, 3.63) is 62.5 Å². The molecule has 0 fully saturated rings. The van der Waals surface area contributed by atoms with E-state index < -0.39 is 0 Å². The summed E-state index contributed by atoms with van der Waals surface area (Å²) < 4.78 is 2.23. The fourth-order valence-corrected chi connectivity index (χ4v) is 4.24. The highest BCUT2D eigenvalue weighted by Gasteiger charge is 2.14. The first-order valence-electron chi connectivity index (χ1n) is 6.63. The van der Waals surface area contributed by atoms with Gasteiger partial charge in [0.25, 0.3) is 0 Å². The molecular formula is C16H14BrClN2S. The van der Waals surface area contributed by atoms with Crippen LogP contribution in [-0.2, 0) is 6.42 Å². The fraction of sp³-hybridized carbons (Fsp3) is 0.188. The second-order valence-electron chi connectivity index (χ2n) is 4.82. The molecule has 0 aliphatic carbocycles. The minimum absolute atomic E-state index is 0.195. The van der Waals surface area contributed by atoms with E-state index in [0.717, 1.165) is 32.0 Å². The number of hydrogen-bond donors (Lipinski definition) is 1. The van der Waals surface area contributed by atoms with Crippen LogP contribution < -0.4 is 5.32 Å². The van der Waals surface area contributed by atoms with Crippen LogP contribution in [0.2, 0.25) is 5.02 Å². The predicted molar refractivity (Wildman–Crippen MR) is 94.3 cm³/mol. The Morgan fingerprint density at radius 3 is 2.81 bits per heavy atom. The number of aromatic nitrogens is 1. The third kappa shape index (κ3) is 3.46. The van der Waals surface area contributed by atoms with Gasteiger partial charge in [0.2, 0.25) is 0 Å². The summed E-state index contributed by atoms with van der Waals surface area (Å²) in [5, 5.41) is 5.22. The van der Waals surface area contributed by atoms with Crippen LogP contribution in [0.5, 0.6) is 0 Å². The van der Waals surface area contributed by atoms with Crippen molar-refractivity contribution < 1.29 is 0 Å². The lowest BCUT2D eigenvalue weighted by Gasteiger charge is -2.16. The van der Waals surface area contributed by atoms with Crippen molar-refractivity contribution in [1.29, 1.82) is 0 Å². The normalized spacial score (nSPS) is 12.7. The molecule has 2 aromatic carbocycles. The first kappa shape index (κ1) is 15.0. The molecule has 1 atom stereocenters. The summed E-state index contributed by atoms with van der Waals surface area (Å²) >= 11 is 11.4. The third-order valence-electron chi connectivity index (χ3n) is 3.35. The summed E-state index contributed by atoms with van der Waals surface area (Å²) in [7, 11) is 1.97. The molecule has 0 saturated heterocycles. The Kier molecular flexibility index (Phi) is 4.60. The van der Waals surface area contributed by atoms with E-state index >= 15 is 0 Å². The standard InChI is InChI=1S/C16H14BrClN2S/c1-19-14(10-6-11(17)8-12(18)7-10)9-16-20-13-4-2-3-5-15(13)21-16/h2-8,14,19H,9H2,1H3. The van der Waals surface area contributed by atoms with Gasteiger partial charge in [0.15, 0.2) is 0 Å². The first-order valence-corrected chi connectivity index (χ1v) is 8.62. The molecule has 1 aromatic heterocycles. The van der Waals surface area contributed by atoms with Crippen molar-refractivity contribution in [3.8, 4) is 0 Å². The van der Waals surface area contributed by atoms with E-state index in [0.29, 0.717) is 0 Å². The monoisotopic (exact) mass is 380 g/mol. The van der Waals surface area contributed by atoms with E-state index in [1.807, 2.05) is 31.3 Å². The van der Waals surface area contributed by atoms with Crippen molar-refractivity contribution in [2.45, 2.75) is 12.5 Å². The Labute approximate surface area is 141 Å². The number of rotatable bonds is 4. The van der Waals surface area contributed by atoms with E-state index in [1.54, 1.807) is 11.3 Å². The molecule has 0 bridgehead atoms. The number of nitrogens with zero attached hydrogens (tertiary/aromatic N) is 1. The highest BCUT2D eigenvalue weighted by Crippen LogP contribution is 2.29. The Balaban J connectivity index is 1.89. The molecule has 1 heterocycles. The van der Waals surface area contributed by atoms with Gasteiger partial charge in [-0.05, 0) is 42.9 Å². The smallest absolute Gasteiger partial charge is 0.0957 e. The highest BCUT2D eigenvalue weighted by molar-refractivity contribution is 9.10. The Morgan fingerprint density at radius 2 is 2.10 bits per heavy atom. The van der Waals surface area contributed by atoms with Gasteiger partial charge in [0, 0.05) is 22.0 Å². The summed E-state index contributed by atoms with van der Waals surface area (Å²) in [6.45, 7) is 0. The zero-order chi connectivity index (χ0) is 14.8. The average Bonchev–Trinajstić information content (AvgIpc) is 2.86. The lowest BCUT2D eigenvalue weighted by atomic mass is 10.0. The van der Waals surface area contributed by atoms with Crippen molar-refractivity contribution in [2.75, 3.05) is 7.05 Å². The third-order valence-corrected chi connectivity index (χ3v) is 5.09. The molecule has 0 spiro atoms. The largest absolute Gasteiger partial charge is 0.313 e. The van der Waals surface area contributed by atoms with Gasteiger partial charge in [-0.25, -0.2) is 4.98 Å². The maximum Gasteiger partial charge on any atom is 0.0957 e. The summed E-state index contributed by atoms with van der Waals surface area (Å²) in [5.74, 6) is 0. The molecule has 2 nitrogen and oxygen atoms in total. The SMILES string of the molecule is CNC(Cc1nc2ccccc2s1)c1cc(Cl)cc(Br)c1. The molecule has 3 rings (SSSR count). The number of benzene rings is 2. The van der Waals surface area contributed by atoms with E-state index in [1.165, 1.54) is 4.70 Å². The molecule has 1 N–H and O–H groups in total. The topological polar surface area (TPSA) is 24.9 Å². The van der Waals surface area contributed by atoms with Crippen LogP contribution in [0.4, 0.5) is 0 Å². The fourth-order valence-electron chi connectivity index (χ4n) is 2.34. The van der Waals surface area contributed by atoms with Gasteiger partial charge in [0.05, 0.1) is 15.2 Å². The highest BCUT2D eigenvalue weighted by atomic mass is 79.9. The summed E-state index contributed by atoms with van der Waals surface area (Å²) in [6, 6.07) is 14.4. The number of likely N-dealkylation sites (N-methyl/N-ethyl adjacent to an activating group) is 1. The molecule has 5 heteroatoms. The number of fused-ring (bicyclic) bond motifs is 1. The molecular weight excluding hydrogens is 368 g/mol. The Morgan fingerprint density at radius 1 is 1.29 bits per heavy atom. The minimum atomic E-state index is 0.195. The molecule has 0 saturated carbocycles. The molecule has 3 aromatic rings. The van der Waals surface area contributed by atoms with Crippen LogP contribution in [0.15, 0.2) is 46.9 Å². The molecule has 108 valence electrons. The van der Waals surface area contributed by atoms with Gasteiger partial charge >= 0.3 is 0 Å². The van der Waals surface area contributed by atoms with Gasteiger partial charge in [-0.15, -0.1) is 11.3 Å². The average molecular weight is 382 g/mol. The second kappa shape index (κ2) is 6.44. The van der Waals surface area contributed by atoms with Crippen LogP contribution in [-0.4, -0.2) is 12.0 Å². The van der Waals surface area contributed by atoms with E-state index in [2.05, 4.69) is 39.4 Å². The van der Waals surface area contributed by atoms with Gasteiger partial charge in [-0.3, -0.25) is 0 Å². The maximum absolute atomic E-state index is 6.15.